The van der Waals surface area contributed by atoms with Crippen molar-refractivity contribution in [2.24, 2.45) is 0 Å². The molecule has 0 aromatic heterocycles. The highest BCUT2D eigenvalue weighted by Crippen LogP contribution is 2.28. The standard InChI is InChI=1S/C20H23ClN2O4S/c1-28(25,26)19-9-5-3-7-16(19)20(24)22-14-18(23-10-12-27-13-11-23)15-6-2-4-8-17(15)21/h2-9,18H,10-14H2,1H3,(H,22,24). The lowest BCUT2D eigenvalue weighted by Crippen LogP contribution is -2.44. The van der Waals surface area contributed by atoms with Gasteiger partial charge in [-0.25, -0.2) is 8.42 Å². The van der Waals surface area contributed by atoms with Crippen molar-refractivity contribution in [3.05, 3.63) is 64.7 Å². The summed E-state index contributed by atoms with van der Waals surface area (Å²) in [6.07, 6.45) is 1.10. The quantitative estimate of drug-likeness (QED) is 0.774. The predicted octanol–water partition coefficient (Wildman–Crippen LogP) is 2.55. The molecular weight excluding hydrogens is 400 g/mol. The molecule has 0 saturated carbocycles. The first kappa shape index (κ1) is 20.8. The number of halogens is 1. The van der Waals surface area contributed by atoms with E-state index in [9.17, 15) is 13.2 Å². The summed E-state index contributed by atoms with van der Waals surface area (Å²) in [6, 6.07) is 13.6. The molecule has 6 nitrogen and oxygen atoms in total. The van der Waals surface area contributed by atoms with Gasteiger partial charge in [0.25, 0.3) is 5.91 Å². The Labute approximate surface area is 170 Å². The van der Waals surface area contributed by atoms with Crippen LogP contribution >= 0.6 is 11.6 Å². The Bertz CT molecular complexity index is 943. The average molecular weight is 423 g/mol. The molecule has 1 atom stereocenters. The lowest BCUT2D eigenvalue weighted by molar-refractivity contribution is 0.0162. The molecule has 3 rings (SSSR count). The lowest BCUT2D eigenvalue weighted by Gasteiger charge is -2.35. The Morgan fingerprint density at radius 3 is 2.46 bits per heavy atom. The normalized spacial score (nSPS) is 16.5. The molecule has 1 aliphatic rings. The molecule has 1 heterocycles. The van der Waals surface area contributed by atoms with E-state index in [1.807, 2.05) is 24.3 Å². The number of carbonyl (C=O) groups is 1. The summed E-state index contributed by atoms with van der Waals surface area (Å²) in [5, 5.41) is 3.52. The van der Waals surface area contributed by atoms with Gasteiger partial charge >= 0.3 is 0 Å². The van der Waals surface area contributed by atoms with E-state index in [1.54, 1.807) is 12.1 Å². The second-order valence-corrected chi connectivity index (χ2v) is 9.06. The van der Waals surface area contributed by atoms with E-state index in [2.05, 4.69) is 10.2 Å². The smallest absolute Gasteiger partial charge is 0.252 e. The molecule has 0 radical (unpaired) electrons. The summed E-state index contributed by atoms with van der Waals surface area (Å²) in [7, 11) is -3.51. The van der Waals surface area contributed by atoms with Crippen LogP contribution < -0.4 is 5.32 Å². The lowest BCUT2D eigenvalue weighted by atomic mass is 10.0. The SMILES string of the molecule is CS(=O)(=O)c1ccccc1C(=O)NCC(c1ccccc1Cl)N1CCOCC1. The largest absolute Gasteiger partial charge is 0.379 e. The molecule has 0 spiro atoms. The number of nitrogens with one attached hydrogen (secondary N) is 1. The number of nitrogens with zero attached hydrogens (tertiary/aromatic N) is 1. The van der Waals surface area contributed by atoms with Gasteiger partial charge in [-0.15, -0.1) is 0 Å². The van der Waals surface area contributed by atoms with Crippen molar-refractivity contribution in [1.82, 2.24) is 10.2 Å². The maximum atomic E-state index is 12.8. The van der Waals surface area contributed by atoms with Crippen LogP contribution in [-0.4, -0.2) is 58.3 Å². The molecule has 1 aliphatic heterocycles. The second kappa shape index (κ2) is 9.05. The first-order valence-corrected chi connectivity index (χ1v) is 11.3. The third-order valence-corrected chi connectivity index (χ3v) is 6.24. The van der Waals surface area contributed by atoms with Crippen molar-refractivity contribution in [3.63, 3.8) is 0 Å². The van der Waals surface area contributed by atoms with Crippen LogP contribution in [0, 0.1) is 0 Å². The van der Waals surface area contributed by atoms with Gasteiger partial charge in [0.2, 0.25) is 0 Å². The monoisotopic (exact) mass is 422 g/mol. The van der Waals surface area contributed by atoms with Crippen LogP contribution in [0.25, 0.3) is 0 Å². The van der Waals surface area contributed by atoms with Crippen LogP contribution in [-0.2, 0) is 14.6 Å². The Morgan fingerprint density at radius 1 is 1.14 bits per heavy atom. The third kappa shape index (κ3) is 4.91. The maximum absolute atomic E-state index is 12.8. The van der Waals surface area contributed by atoms with E-state index in [4.69, 9.17) is 16.3 Å². The number of sulfone groups is 1. The minimum absolute atomic E-state index is 0.0215. The molecule has 2 aromatic rings. The highest BCUT2D eigenvalue weighted by atomic mass is 35.5. The zero-order valence-corrected chi connectivity index (χ0v) is 17.2. The Morgan fingerprint density at radius 2 is 1.79 bits per heavy atom. The Hall–Kier alpha value is -1.93. The van der Waals surface area contributed by atoms with Crippen LogP contribution in [0.5, 0.6) is 0 Å². The third-order valence-electron chi connectivity index (χ3n) is 4.74. The van der Waals surface area contributed by atoms with Gasteiger partial charge in [-0.2, -0.15) is 0 Å². The van der Waals surface area contributed by atoms with Gasteiger partial charge in [-0.3, -0.25) is 9.69 Å². The van der Waals surface area contributed by atoms with Crippen molar-refractivity contribution < 1.29 is 17.9 Å². The molecular formula is C20H23ClN2O4S. The summed E-state index contributed by atoms with van der Waals surface area (Å²) < 4.78 is 29.4. The minimum Gasteiger partial charge on any atom is -0.379 e. The number of ether oxygens (including phenoxy) is 1. The summed E-state index contributed by atoms with van der Waals surface area (Å²) in [4.78, 5) is 15.0. The topological polar surface area (TPSA) is 75.7 Å². The van der Waals surface area contributed by atoms with Crippen molar-refractivity contribution in [1.29, 1.82) is 0 Å². The fourth-order valence-corrected chi connectivity index (χ4v) is 4.48. The van der Waals surface area contributed by atoms with Crippen LogP contribution in [0.2, 0.25) is 5.02 Å². The zero-order valence-electron chi connectivity index (χ0n) is 15.6. The van der Waals surface area contributed by atoms with Gasteiger partial charge in [0.15, 0.2) is 9.84 Å². The molecule has 1 amide bonds. The minimum atomic E-state index is -3.51. The van der Waals surface area contributed by atoms with Crippen molar-refractivity contribution in [2.75, 3.05) is 39.1 Å². The zero-order chi connectivity index (χ0) is 20.1. The van der Waals surface area contributed by atoms with E-state index in [0.29, 0.717) is 24.8 Å². The fraction of sp³-hybridized carbons (Fsp3) is 0.350. The molecule has 0 bridgehead atoms. The number of morpholine rings is 1. The van der Waals surface area contributed by atoms with E-state index < -0.39 is 15.7 Å². The van der Waals surface area contributed by atoms with Gasteiger partial charge in [0, 0.05) is 30.9 Å². The van der Waals surface area contributed by atoms with Gasteiger partial charge in [-0.1, -0.05) is 41.9 Å². The number of amides is 1. The number of rotatable bonds is 6. The molecule has 1 N–H and O–H groups in total. The molecule has 2 aromatic carbocycles. The first-order valence-electron chi connectivity index (χ1n) is 9.01. The number of carbonyl (C=O) groups excluding carboxylic acids is 1. The van der Waals surface area contributed by atoms with Gasteiger partial charge in [0.05, 0.1) is 29.7 Å². The number of hydrogen-bond acceptors (Lipinski definition) is 5. The van der Waals surface area contributed by atoms with Crippen LogP contribution in [0.1, 0.15) is 22.0 Å². The molecule has 0 aliphatic carbocycles. The molecule has 1 saturated heterocycles. The second-order valence-electron chi connectivity index (χ2n) is 6.66. The predicted molar refractivity (Wildman–Crippen MR) is 108 cm³/mol. The van der Waals surface area contributed by atoms with Crippen molar-refractivity contribution in [2.45, 2.75) is 10.9 Å². The highest BCUT2D eigenvalue weighted by molar-refractivity contribution is 7.90. The Kier molecular flexibility index (Phi) is 6.72. The van der Waals surface area contributed by atoms with E-state index in [-0.39, 0.29) is 16.5 Å². The van der Waals surface area contributed by atoms with E-state index in [1.165, 1.54) is 12.1 Å². The van der Waals surface area contributed by atoms with E-state index >= 15 is 0 Å². The number of hydrogen-bond donors (Lipinski definition) is 1. The fourth-order valence-electron chi connectivity index (χ4n) is 3.33. The van der Waals surface area contributed by atoms with Gasteiger partial charge in [0.1, 0.15) is 0 Å². The van der Waals surface area contributed by atoms with Gasteiger partial charge < -0.3 is 10.1 Å². The number of benzene rings is 2. The Balaban J connectivity index is 1.83. The molecule has 150 valence electrons. The van der Waals surface area contributed by atoms with Crippen molar-refractivity contribution >= 4 is 27.3 Å². The van der Waals surface area contributed by atoms with Crippen molar-refractivity contribution in [3.8, 4) is 0 Å². The van der Waals surface area contributed by atoms with Gasteiger partial charge in [-0.05, 0) is 23.8 Å². The van der Waals surface area contributed by atoms with Crippen LogP contribution in [0.15, 0.2) is 53.4 Å². The van der Waals surface area contributed by atoms with Crippen LogP contribution in [0.4, 0.5) is 0 Å². The summed E-state index contributed by atoms with van der Waals surface area (Å²) >= 11 is 6.41. The van der Waals surface area contributed by atoms with Crippen LogP contribution in [0.3, 0.4) is 0 Å². The summed E-state index contributed by atoms with van der Waals surface area (Å²) in [5.41, 5.74) is 1.06. The summed E-state index contributed by atoms with van der Waals surface area (Å²) in [6.45, 7) is 3.00. The molecule has 28 heavy (non-hydrogen) atoms. The van der Waals surface area contributed by atoms with E-state index in [0.717, 1.165) is 24.9 Å². The molecule has 1 unspecified atom stereocenters. The molecule has 1 fully saturated rings. The highest BCUT2D eigenvalue weighted by Gasteiger charge is 2.26. The summed E-state index contributed by atoms with van der Waals surface area (Å²) in [5.74, 6) is -0.425. The first-order chi connectivity index (χ1) is 13.4. The molecule has 8 heteroatoms. The maximum Gasteiger partial charge on any atom is 0.252 e. The average Bonchev–Trinajstić information content (AvgIpc) is 2.69.